The first kappa shape index (κ1) is 18.7. The Hall–Kier alpha value is -0.260. The maximum Gasteiger partial charge on any atom is -0.0351 e. The fraction of sp³-hybridized carbons (Fsp3) is 0.895. The highest BCUT2D eigenvalue weighted by Gasteiger charge is 1.93. The Morgan fingerprint density at radius 1 is 0.526 bits per heavy atom. The van der Waals surface area contributed by atoms with Gasteiger partial charge in [-0.25, -0.2) is 0 Å². The lowest BCUT2D eigenvalue weighted by Gasteiger charge is -2.02. The van der Waals surface area contributed by atoms with Gasteiger partial charge in [-0.3, -0.25) is 0 Å². The lowest BCUT2D eigenvalue weighted by Crippen LogP contribution is -1.83. The summed E-state index contributed by atoms with van der Waals surface area (Å²) in [5.74, 6) is 0. The van der Waals surface area contributed by atoms with Crippen LogP contribution in [0.1, 0.15) is 110 Å². The van der Waals surface area contributed by atoms with Gasteiger partial charge in [0, 0.05) is 0 Å². The molecule has 0 aliphatic rings. The van der Waals surface area contributed by atoms with Crippen molar-refractivity contribution in [2.45, 2.75) is 110 Å². The number of hydrogen-bond donors (Lipinski definition) is 0. The molecule has 0 aliphatic carbocycles. The van der Waals surface area contributed by atoms with Crippen molar-refractivity contribution in [3.8, 4) is 0 Å². The summed E-state index contributed by atoms with van der Waals surface area (Å²) in [7, 11) is 0. The first-order valence-electron chi connectivity index (χ1n) is 9.03. The van der Waals surface area contributed by atoms with E-state index in [0.717, 1.165) is 0 Å². The number of unbranched alkanes of at least 4 members (excludes halogenated alkanes) is 14. The average molecular weight is 267 g/mol. The molecule has 0 fully saturated rings. The molecular weight excluding hydrogens is 228 g/mol. The number of hydrogen-bond acceptors (Lipinski definition) is 0. The second-order valence-electron chi connectivity index (χ2n) is 5.95. The van der Waals surface area contributed by atoms with Gasteiger partial charge in [-0.1, -0.05) is 103 Å². The van der Waals surface area contributed by atoms with E-state index < -0.39 is 0 Å². The third-order valence-corrected chi connectivity index (χ3v) is 3.96. The van der Waals surface area contributed by atoms with E-state index >= 15 is 0 Å². The van der Waals surface area contributed by atoms with Crippen LogP contribution in [0.5, 0.6) is 0 Å². The van der Waals surface area contributed by atoms with Crippen LogP contribution in [0.4, 0.5) is 0 Å². The molecule has 0 nitrogen and oxygen atoms in total. The van der Waals surface area contributed by atoms with Gasteiger partial charge < -0.3 is 0 Å². The molecule has 0 N–H and O–H groups in total. The number of allylic oxidation sites excluding steroid dienone is 2. The van der Waals surface area contributed by atoms with E-state index in [2.05, 4.69) is 26.0 Å². The third-order valence-electron chi connectivity index (χ3n) is 3.96. The largest absolute Gasteiger partial charge is 0.0917 e. The van der Waals surface area contributed by atoms with Crippen LogP contribution in [0.25, 0.3) is 0 Å². The summed E-state index contributed by atoms with van der Waals surface area (Å²) in [5, 5.41) is 0. The fourth-order valence-electron chi connectivity index (χ4n) is 2.62. The maximum absolute atomic E-state index is 2.29. The standard InChI is InChI=1S/C19H38/c1-3-5-7-9-11-13-15-17-19-18-16-14-12-10-8-6-4-2/h3,5H,4,6-19H2,1-2H3/b5-3+. The molecule has 0 aromatic heterocycles. The summed E-state index contributed by atoms with van der Waals surface area (Å²) in [6, 6.07) is 0. The van der Waals surface area contributed by atoms with E-state index in [1.54, 1.807) is 0 Å². The van der Waals surface area contributed by atoms with Crippen molar-refractivity contribution in [1.29, 1.82) is 0 Å². The van der Waals surface area contributed by atoms with Crippen LogP contribution in [0, 0.1) is 0 Å². The van der Waals surface area contributed by atoms with Gasteiger partial charge in [-0.15, -0.1) is 0 Å². The van der Waals surface area contributed by atoms with Gasteiger partial charge in [0.2, 0.25) is 0 Å². The van der Waals surface area contributed by atoms with Gasteiger partial charge in [-0.05, 0) is 19.8 Å². The van der Waals surface area contributed by atoms with Gasteiger partial charge in [0.25, 0.3) is 0 Å². The molecule has 19 heavy (non-hydrogen) atoms. The Labute approximate surface area is 123 Å². The second kappa shape index (κ2) is 17.7. The van der Waals surface area contributed by atoms with Crippen LogP contribution in [0.15, 0.2) is 12.2 Å². The van der Waals surface area contributed by atoms with E-state index in [1.807, 2.05) is 0 Å². The van der Waals surface area contributed by atoms with E-state index in [9.17, 15) is 0 Å². The molecule has 0 radical (unpaired) electrons. The normalized spacial score (nSPS) is 11.5. The van der Waals surface area contributed by atoms with Crippen molar-refractivity contribution in [3.05, 3.63) is 12.2 Å². The van der Waals surface area contributed by atoms with Crippen LogP contribution >= 0.6 is 0 Å². The second-order valence-corrected chi connectivity index (χ2v) is 5.95. The minimum Gasteiger partial charge on any atom is -0.0917 e. The fourth-order valence-corrected chi connectivity index (χ4v) is 2.62. The molecule has 0 saturated carbocycles. The molecule has 0 heteroatoms. The topological polar surface area (TPSA) is 0 Å². The summed E-state index contributed by atoms with van der Waals surface area (Å²) in [4.78, 5) is 0. The highest BCUT2D eigenvalue weighted by Crippen LogP contribution is 2.13. The van der Waals surface area contributed by atoms with Crippen molar-refractivity contribution in [2.75, 3.05) is 0 Å². The van der Waals surface area contributed by atoms with Crippen LogP contribution in [-0.4, -0.2) is 0 Å². The highest BCUT2D eigenvalue weighted by atomic mass is 14.0. The van der Waals surface area contributed by atoms with E-state index in [0.29, 0.717) is 0 Å². The van der Waals surface area contributed by atoms with E-state index in [-0.39, 0.29) is 0 Å². The molecular formula is C19H38. The molecule has 0 unspecified atom stereocenters. The molecule has 0 saturated heterocycles. The van der Waals surface area contributed by atoms with Crippen LogP contribution in [0.3, 0.4) is 0 Å². The molecule has 0 aromatic rings. The Morgan fingerprint density at radius 2 is 0.895 bits per heavy atom. The van der Waals surface area contributed by atoms with Crippen molar-refractivity contribution in [1.82, 2.24) is 0 Å². The molecule has 0 atom stereocenters. The zero-order chi connectivity index (χ0) is 14.0. The predicted octanol–water partition coefficient (Wildman–Crippen LogP) is 7.43. The minimum atomic E-state index is 1.29. The monoisotopic (exact) mass is 266 g/mol. The Bertz CT molecular complexity index is 169. The van der Waals surface area contributed by atoms with Crippen molar-refractivity contribution < 1.29 is 0 Å². The Balaban J connectivity index is 2.91. The quantitative estimate of drug-likeness (QED) is 0.213. The average Bonchev–Trinajstić information content (AvgIpc) is 2.43. The molecule has 0 aromatic carbocycles. The van der Waals surface area contributed by atoms with Crippen molar-refractivity contribution >= 4 is 0 Å². The first-order chi connectivity index (χ1) is 9.41. The smallest absolute Gasteiger partial charge is 0.0351 e. The van der Waals surface area contributed by atoms with Crippen molar-refractivity contribution in [2.24, 2.45) is 0 Å². The molecule has 0 bridgehead atoms. The molecule has 0 aliphatic heterocycles. The summed E-state index contributed by atoms with van der Waals surface area (Å²) in [6.45, 7) is 4.41. The predicted molar refractivity (Wildman–Crippen MR) is 89.7 cm³/mol. The van der Waals surface area contributed by atoms with Gasteiger partial charge in [-0.2, -0.15) is 0 Å². The summed E-state index contributed by atoms with van der Waals surface area (Å²) >= 11 is 0. The molecule has 0 heterocycles. The van der Waals surface area contributed by atoms with E-state index in [4.69, 9.17) is 0 Å². The minimum absolute atomic E-state index is 1.29. The van der Waals surface area contributed by atoms with Gasteiger partial charge >= 0.3 is 0 Å². The van der Waals surface area contributed by atoms with E-state index in [1.165, 1.54) is 96.3 Å². The Morgan fingerprint density at radius 3 is 1.26 bits per heavy atom. The zero-order valence-electron chi connectivity index (χ0n) is 13.8. The van der Waals surface area contributed by atoms with Gasteiger partial charge in [0.05, 0.1) is 0 Å². The molecule has 114 valence electrons. The SMILES string of the molecule is C/C=C/CCCCCCCCCCCCCCCC. The molecule has 0 amide bonds. The van der Waals surface area contributed by atoms with Crippen LogP contribution < -0.4 is 0 Å². The lowest BCUT2D eigenvalue weighted by molar-refractivity contribution is 0.536. The Kier molecular flexibility index (Phi) is 17.5. The molecule has 0 rings (SSSR count). The summed E-state index contributed by atoms with van der Waals surface area (Å²) in [5.41, 5.74) is 0. The van der Waals surface area contributed by atoms with Gasteiger partial charge in [0.15, 0.2) is 0 Å². The molecule has 0 spiro atoms. The lowest BCUT2D eigenvalue weighted by atomic mass is 10.0. The first-order valence-corrected chi connectivity index (χ1v) is 9.03. The van der Waals surface area contributed by atoms with Gasteiger partial charge in [0.1, 0.15) is 0 Å². The maximum atomic E-state index is 2.29. The highest BCUT2D eigenvalue weighted by molar-refractivity contribution is 4.76. The van der Waals surface area contributed by atoms with Crippen LogP contribution in [-0.2, 0) is 0 Å². The number of rotatable bonds is 15. The summed E-state index contributed by atoms with van der Waals surface area (Å²) in [6.07, 6.45) is 26.1. The van der Waals surface area contributed by atoms with Crippen molar-refractivity contribution in [3.63, 3.8) is 0 Å². The third kappa shape index (κ3) is 17.7. The zero-order valence-corrected chi connectivity index (χ0v) is 13.8. The van der Waals surface area contributed by atoms with Crippen LogP contribution in [0.2, 0.25) is 0 Å². The summed E-state index contributed by atoms with van der Waals surface area (Å²) < 4.78 is 0.